The predicted molar refractivity (Wildman–Crippen MR) is 138 cm³/mol. The zero-order valence-corrected chi connectivity index (χ0v) is 20.5. The first-order valence-electron chi connectivity index (χ1n) is 12.2. The SMILES string of the molecule is O=Nc1cc(O)ccc1CCC(=O)CNCCCNCCCCNC(=O)CCc1ccc(O)cc1O. The quantitative estimate of drug-likeness (QED) is 0.135. The van der Waals surface area contributed by atoms with Crippen LogP contribution in [0.3, 0.4) is 0 Å². The van der Waals surface area contributed by atoms with Crippen LogP contribution < -0.4 is 16.0 Å². The number of carbonyl (C=O) groups is 2. The first-order valence-corrected chi connectivity index (χ1v) is 12.2. The van der Waals surface area contributed by atoms with Gasteiger partial charge >= 0.3 is 0 Å². The summed E-state index contributed by atoms with van der Waals surface area (Å²) in [5.41, 5.74) is 1.44. The molecule has 0 fully saturated rings. The zero-order chi connectivity index (χ0) is 26.2. The van der Waals surface area contributed by atoms with E-state index >= 15 is 0 Å². The van der Waals surface area contributed by atoms with Gasteiger partial charge in [0.05, 0.1) is 6.54 Å². The van der Waals surface area contributed by atoms with Gasteiger partial charge in [-0.2, -0.15) is 0 Å². The number of nitroso groups, excluding NO2 is 1. The molecule has 0 aliphatic carbocycles. The molecule has 2 rings (SSSR count). The highest BCUT2D eigenvalue weighted by molar-refractivity contribution is 5.80. The van der Waals surface area contributed by atoms with Gasteiger partial charge in [0.25, 0.3) is 0 Å². The molecule has 10 nitrogen and oxygen atoms in total. The van der Waals surface area contributed by atoms with Crippen LogP contribution in [-0.4, -0.2) is 59.7 Å². The van der Waals surface area contributed by atoms with Crippen molar-refractivity contribution in [3.8, 4) is 17.2 Å². The Morgan fingerprint density at radius 3 is 2.14 bits per heavy atom. The minimum Gasteiger partial charge on any atom is -0.508 e. The van der Waals surface area contributed by atoms with Gasteiger partial charge in [0.2, 0.25) is 5.91 Å². The summed E-state index contributed by atoms with van der Waals surface area (Å²) in [6, 6.07) is 8.74. The number of carbonyl (C=O) groups excluding carboxylic acids is 2. The Morgan fingerprint density at radius 2 is 1.39 bits per heavy atom. The molecule has 0 atom stereocenters. The third kappa shape index (κ3) is 11.3. The van der Waals surface area contributed by atoms with Crippen LogP contribution in [-0.2, 0) is 22.4 Å². The summed E-state index contributed by atoms with van der Waals surface area (Å²) in [4.78, 5) is 34.8. The smallest absolute Gasteiger partial charge is 0.220 e. The van der Waals surface area contributed by atoms with Gasteiger partial charge in [-0.1, -0.05) is 12.1 Å². The van der Waals surface area contributed by atoms with Gasteiger partial charge in [0, 0.05) is 31.5 Å². The van der Waals surface area contributed by atoms with E-state index in [1.54, 1.807) is 12.1 Å². The largest absolute Gasteiger partial charge is 0.508 e. The molecular weight excluding hydrogens is 464 g/mol. The molecule has 0 unspecified atom stereocenters. The highest BCUT2D eigenvalue weighted by Gasteiger charge is 2.08. The third-order valence-electron chi connectivity index (χ3n) is 5.66. The molecule has 0 heterocycles. The van der Waals surface area contributed by atoms with E-state index < -0.39 is 0 Å². The van der Waals surface area contributed by atoms with Crippen LogP contribution >= 0.6 is 0 Å². The van der Waals surface area contributed by atoms with Crippen LogP contribution in [0.1, 0.15) is 43.2 Å². The van der Waals surface area contributed by atoms with Crippen LogP contribution in [0.25, 0.3) is 0 Å². The summed E-state index contributed by atoms with van der Waals surface area (Å²) in [6.07, 6.45) is 4.07. The van der Waals surface area contributed by atoms with E-state index in [4.69, 9.17) is 0 Å². The summed E-state index contributed by atoms with van der Waals surface area (Å²) >= 11 is 0. The van der Waals surface area contributed by atoms with Gasteiger partial charge in [0.15, 0.2) is 0 Å². The van der Waals surface area contributed by atoms with E-state index in [2.05, 4.69) is 21.1 Å². The van der Waals surface area contributed by atoms with Crippen molar-refractivity contribution in [3.63, 3.8) is 0 Å². The molecule has 196 valence electrons. The molecule has 0 bridgehead atoms. The Kier molecular flexibility index (Phi) is 12.9. The van der Waals surface area contributed by atoms with E-state index in [0.717, 1.165) is 32.4 Å². The van der Waals surface area contributed by atoms with Crippen molar-refractivity contribution in [2.75, 3.05) is 32.7 Å². The summed E-state index contributed by atoms with van der Waals surface area (Å²) in [7, 11) is 0. The first-order chi connectivity index (χ1) is 17.4. The van der Waals surface area contributed by atoms with Crippen molar-refractivity contribution in [2.45, 2.75) is 44.9 Å². The van der Waals surface area contributed by atoms with Crippen LogP contribution in [0.4, 0.5) is 5.69 Å². The average molecular weight is 501 g/mol. The molecule has 0 radical (unpaired) electrons. The molecule has 36 heavy (non-hydrogen) atoms. The lowest BCUT2D eigenvalue weighted by Gasteiger charge is -2.08. The maximum Gasteiger partial charge on any atom is 0.220 e. The maximum atomic E-state index is 12.0. The Bertz CT molecular complexity index is 998. The minimum atomic E-state index is -0.0695. The molecule has 0 saturated carbocycles. The molecule has 0 aromatic heterocycles. The fraction of sp³-hybridized carbons (Fsp3) is 0.462. The minimum absolute atomic E-state index is 0.00626. The lowest BCUT2D eigenvalue weighted by atomic mass is 10.1. The number of hydrogen-bond acceptors (Lipinski definition) is 9. The van der Waals surface area contributed by atoms with E-state index in [1.807, 2.05) is 0 Å². The molecule has 2 aromatic rings. The second kappa shape index (κ2) is 16.2. The van der Waals surface area contributed by atoms with Gasteiger partial charge in [0.1, 0.15) is 28.7 Å². The second-order valence-corrected chi connectivity index (χ2v) is 8.59. The van der Waals surface area contributed by atoms with E-state index in [0.29, 0.717) is 43.5 Å². The van der Waals surface area contributed by atoms with Crippen molar-refractivity contribution in [1.82, 2.24) is 16.0 Å². The lowest BCUT2D eigenvalue weighted by Crippen LogP contribution is -2.28. The molecule has 0 saturated heterocycles. The van der Waals surface area contributed by atoms with Crippen LogP contribution in [0.15, 0.2) is 41.6 Å². The van der Waals surface area contributed by atoms with Gasteiger partial charge in [-0.05, 0) is 80.2 Å². The number of hydrogen-bond donors (Lipinski definition) is 6. The fourth-order valence-electron chi connectivity index (χ4n) is 3.61. The molecule has 0 aliphatic heterocycles. The number of phenols is 3. The molecule has 0 spiro atoms. The Hall–Kier alpha value is -3.50. The van der Waals surface area contributed by atoms with Crippen molar-refractivity contribution in [1.29, 1.82) is 0 Å². The van der Waals surface area contributed by atoms with Crippen LogP contribution in [0.5, 0.6) is 17.2 Å². The van der Waals surface area contributed by atoms with E-state index in [1.165, 1.54) is 24.3 Å². The summed E-state index contributed by atoms with van der Waals surface area (Å²) in [6.45, 7) is 3.25. The monoisotopic (exact) mass is 500 g/mol. The van der Waals surface area contributed by atoms with Gasteiger partial charge in [-0.15, -0.1) is 4.91 Å². The number of Topliss-reactive ketones (excluding diaryl/α,β-unsaturated/α-hetero) is 1. The molecular formula is C26H36N4O6. The van der Waals surface area contributed by atoms with Gasteiger partial charge in [-0.25, -0.2) is 0 Å². The van der Waals surface area contributed by atoms with Crippen LogP contribution in [0.2, 0.25) is 0 Å². The molecule has 0 aliphatic rings. The number of nitrogens with one attached hydrogen (secondary N) is 3. The zero-order valence-electron chi connectivity index (χ0n) is 20.5. The van der Waals surface area contributed by atoms with Crippen molar-refractivity contribution < 1.29 is 24.9 Å². The van der Waals surface area contributed by atoms with Gasteiger partial charge < -0.3 is 31.3 Å². The topological polar surface area (TPSA) is 160 Å². The number of amides is 1. The number of ketones is 1. The predicted octanol–water partition coefficient (Wildman–Crippen LogP) is 2.80. The molecule has 1 amide bonds. The maximum absolute atomic E-state index is 12.0. The highest BCUT2D eigenvalue weighted by atomic mass is 16.3. The second-order valence-electron chi connectivity index (χ2n) is 8.59. The number of nitrogens with zero attached hydrogens (tertiary/aromatic N) is 1. The van der Waals surface area contributed by atoms with Crippen LogP contribution in [0, 0.1) is 4.91 Å². The van der Waals surface area contributed by atoms with Gasteiger partial charge in [-0.3, -0.25) is 9.59 Å². The number of rotatable bonds is 18. The first kappa shape index (κ1) is 28.7. The number of phenolic OH excluding ortho intramolecular Hbond substituents is 3. The standard InChI is InChI=1S/C26H36N4O6/c31-21-8-4-19(24(16-21)30-36)5-10-23(33)18-28-14-3-13-27-12-1-2-15-29-26(35)11-7-20-6-9-22(32)17-25(20)34/h4,6,8-9,16-17,27-28,31-32,34H,1-3,5,7,10-15,18H2,(H,29,35). The normalized spacial score (nSPS) is 10.8. The summed E-state index contributed by atoms with van der Waals surface area (Å²) in [5, 5.41) is 40.6. The number of aryl methyl sites for hydroxylation is 2. The number of aromatic hydroxyl groups is 3. The summed E-state index contributed by atoms with van der Waals surface area (Å²) in [5.74, 6) is -0.0571. The number of unbranched alkanes of at least 4 members (excludes halogenated alkanes) is 1. The summed E-state index contributed by atoms with van der Waals surface area (Å²) < 4.78 is 0. The third-order valence-corrected chi connectivity index (χ3v) is 5.66. The molecule has 10 heteroatoms. The van der Waals surface area contributed by atoms with E-state index in [-0.39, 0.29) is 47.6 Å². The Balaban J connectivity index is 1.40. The van der Waals surface area contributed by atoms with Crippen molar-refractivity contribution >= 4 is 17.4 Å². The Morgan fingerprint density at radius 1 is 0.750 bits per heavy atom. The lowest BCUT2D eigenvalue weighted by molar-refractivity contribution is -0.121. The van der Waals surface area contributed by atoms with Crippen molar-refractivity contribution in [2.24, 2.45) is 5.18 Å². The van der Waals surface area contributed by atoms with E-state index in [9.17, 15) is 29.8 Å². The number of benzene rings is 2. The fourth-order valence-corrected chi connectivity index (χ4v) is 3.61. The average Bonchev–Trinajstić information content (AvgIpc) is 2.85. The Labute approximate surface area is 211 Å². The van der Waals surface area contributed by atoms with Crippen molar-refractivity contribution in [3.05, 3.63) is 52.4 Å². The molecule has 2 aromatic carbocycles. The highest BCUT2D eigenvalue weighted by Crippen LogP contribution is 2.25. The molecule has 6 N–H and O–H groups in total.